The maximum absolute atomic E-state index is 13.0. The van der Waals surface area contributed by atoms with Gasteiger partial charge in [-0.15, -0.1) is 0 Å². The van der Waals surface area contributed by atoms with Crippen molar-refractivity contribution < 1.29 is 9.50 Å². The Balaban J connectivity index is 1.80. The summed E-state index contributed by atoms with van der Waals surface area (Å²) in [5, 5.41) is 17.7. The van der Waals surface area contributed by atoms with Gasteiger partial charge in [-0.05, 0) is 37.1 Å². The Morgan fingerprint density at radius 1 is 1.00 bits per heavy atom. The Morgan fingerprint density at radius 2 is 1.71 bits per heavy atom. The quantitative estimate of drug-likeness (QED) is 0.600. The zero-order chi connectivity index (χ0) is 16.7. The van der Waals surface area contributed by atoms with E-state index in [1.807, 2.05) is 35.9 Å². The van der Waals surface area contributed by atoms with Gasteiger partial charge in [0.2, 0.25) is 0 Å². The molecule has 0 radical (unpaired) electrons. The third-order valence-electron chi connectivity index (χ3n) is 4.44. The summed E-state index contributed by atoms with van der Waals surface area (Å²) in [6.45, 7) is 2.65. The first-order valence-corrected chi connectivity index (χ1v) is 7.96. The van der Waals surface area contributed by atoms with E-state index >= 15 is 0 Å². The van der Waals surface area contributed by atoms with Gasteiger partial charge in [0.1, 0.15) is 11.6 Å². The van der Waals surface area contributed by atoms with E-state index in [-0.39, 0.29) is 11.6 Å². The summed E-state index contributed by atoms with van der Waals surface area (Å²) in [4.78, 5) is 0. The fourth-order valence-electron chi connectivity index (χ4n) is 3.23. The molecule has 1 N–H and O–H groups in total. The molecule has 3 nitrogen and oxygen atoms in total. The molecule has 4 heteroatoms. The molecule has 0 amide bonds. The zero-order valence-corrected chi connectivity index (χ0v) is 13.3. The highest BCUT2D eigenvalue weighted by atomic mass is 19.1. The van der Waals surface area contributed by atoms with Crippen LogP contribution in [0.1, 0.15) is 11.3 Å². The average Bonchev–Trinajstić information content (AvgIpc) is 2.91. The molecule has 0 aliphatic rings. The van der Waals surface area contributed by atoms with Crippen molar-refractivity contribution in [2.75, 3.05) is 0 Å². The van der Waals surface area contributed by atoms with Gasteiger partial charge in [0.25, 0.3) is 0 Å². The Hall–Kier alpha value is -2.88. The lowest BCUT2D eigenvalue weighted by atomic mass is 10.0. The molecule has 4 aromatic rings. The third kappa shape index (κ3) is 2.40. The minimum atomic E-state index is -0.222. The largest absolute Gasteiger partial charge is 0.507 e. The van der Waals surface area contributed by atoms with Crippen molar-refractivity contribution in [2.24, 2.45) is 0 Å². The van der Waals surface area contributed by atoms with Crippen molar-refractivity contribution in [3.8, 4) is 5.75 Å². The topological polar surface area (TPSA) is 38.0 Å². The molecule has 24 heavy (non-hydrogen) atoms. The number of aryl methyl sites for hydroxylation is 3. The Bertz CT molecular complexity index is 1040. The van der Waals surface area contributed by atoms with Crippen LogP contribution in [0.5, 0.6) is 5.75 Å². The van der Waals surface area contributed by atoms with Gasteiger partial charge < -0.3 is 5.11 Å². The standard InChI is InChI=1S/C20H17FN2O/c1-13-18-12-19(24)16-4-2-3-5-17(16)20(18)23(22-13)11-10-14-6-8-15(21)9-7-14/h2-9,12,24H,10-11H2,1H3. The summed E-state index contributed by atoms with van der Waals surface area (Å²) < 4.78 is 15.0. The number of rotatable bonds is 3. The smallest absolute Gasteiger partial charge is 0.124 e. The molecule has 0 spiro atoms. The molecule has 3 aromatic carbocycles. The minimum Gasteiger partial charge on any atom is -0.507 e. The number of phenols is 1. The predicted molar refractivity (Wildman–Crippen MR) is 93.7 cm³/mol. The van der Waals surface area contributed by atoms with Gasteiger partial charge in [-0.25, -0.2) is 4.39 Å². The molecule has 1 heterocycles. The van der Waals surface area contributed by atoms with Gasteiger partial charge in [0.15, 0.2) is 0 Å². The van der Waals surface area contributed by atoms with Crippen LogP contribution in [0.15, 0.2) is 54.6 Å². The van der Waals surface area contributed by atoms with Crippen LogP contribution in [0.3, 0.4) is 0 Å². The Morgan fingerprint density at radius 3 is 2.46 bits per heavy atom. The first kappa shape index (κ1) is 14.7. The Labute approximate surface area is 139 Å². The highest BCUT2D eigenvalue weighted by Crippen LogP contribution is 2.34. The summed E-state index contributed by atoms with van der Waals surface area (Å²) in [6.07, 6.45) is 0.770. The van der Waals surface area contributed by atoms with Crippen LogP contribution < -0.4 is 0 Å². The van der Waals surface area contributed by atoms with Crippen LogP contribution in [0, 0.1) is 12.7 Å². The van der Waals surface area contributed by atoms with Crippen molar-refractivity contribution in [1.29, 1.82) is 0 Å². The Kier molecular flexibility index (Phi) is 3.45. The molecule has 0 saturated heterocycles. The molecule has 4 rings (SSSR count). The summed E-state index contributed by atoms with van der Waals surface area (Å²) in [5.74, 6) is 0.0555. The SMILES string of the molecule is Cc1nn(CCc2ccc(F)cc2)c2c1cc(O)c1ccccc12. The summed E-state index contributed by atoms with van der Waals surface area (Å²) in [7, 11) is 0. The molecular formula is C20H17FN2O. The lowest BCUT2D eigenvalue weighted by Crippen LogP contribution is -2.03. The van der Waals surface area contributed by atoms with E-state index in [0.29, 0.717) is 6.54 Å². The van der Waals surface area contributed by atoms with Gasteiger partial charge >= 0.3 is 0 Å². The van der Waals surface area contributed by atoms with Crippen LogP contribution >= 0.6 is 0 Å². The molecule has 120 valence electrons. The predicted octanol–water partition coefficient (Wildman–Crippen LogP) is 4.59. The van der Waals surface area contributed by atoms with Crippen molar-refractivity contribution in [3.05, 3.63) is 71.7 Å². The van der Waals surface area contributed by atoms with Crippen molar-refractivity contribution in [2.45, 2.75) is 19.9 Å². The van der Waals surface area contributed by atoms with E-state index in [1.165, 1.54) is 12.1 Å². The molecule has 0 atom stereocenters. The first-order valence-electron chi connectivity index (χ1n) is 7.96. The number of halogens is 1. The van der Waals surface area contributed by atoms with E-state index < -0.39 is 0 Å². The molecule has 1 aromatic heterocycles. The van der Waals surface area contributed by atoms with Crippen LogP contribution in [0.4, 0.5) is 4.39 Å². The summed E-state index contributed by atoms with van der Waals surface area (Å²) in [5.41, 5.74) is 2.99. The van der Waals surface area contributed by atoms with Gasteiger partial charge in [0.05, 0.1) is 11.2 Å². The van der Waals surface area contributed by atoms with Gasteiger partial charge in [-0.3, -0.25) is 4.68 Å². The molecular weight excluding hydrogens is 303 g/mol. The molecule has 0 bridgehead atoms. The second kappa shape index (κ2) is 5.64. The maximum Gasteiger partial charge on any atom is 0.124 e. The minimum absolute atomic E-state index is 0.222. The number of aromatic hydroxyl groups is 1. The average molecular weight is 320 g/mol. The molecule has 0 aliphatic carbocycles. The van der Waals surface area contributed by atoms with E-state index in [2.05, 4.69) is 5.10 Å². The fraction of sp³-hybridized carbons (Fsp3) is 0.150. The monoisotopic (exact) mass is 320 g/mol. The number of phenolic OH excluding ortho intramolecular Hbond substituents is 1. The number of hydrogen-bond acceptors (Lipinski definition) is 2. The highest BCUT2D eigenvalue weighted by molar-refractivity contribution is 6.09. The lowest BCUT2D eigenvalue weighted by Gasteiger charge is -2.08. The second-order valence-electron chi connectivity index (χ2n) is 6.02. The first-order chi connectivity index (χ1) is 11.6. The van der Waals surface area contributed by atoms with Gasteiger partial charge in [0, 0.05) is 22.7 Å². The fourth-order valence-corrected chi connectivity index (χ4v) is 3.23. The van der Waals surface area contributed by atoms with Gasteiger partial charge in [-0.1, -0.05) is 36.4 Å². The molecule has 0 aliphatic heterocycles. The second-order valence-corrected chi connectivity index (χ2v) is 6.02. The summed E-state index contributed by atoms with van der Waals surface area (Å²) in [6, 6.07) is 16.2. The number of fused-ring (bicyclic) bond motifs is 3. The van der Waals surface area contributed by atoms with E-state index in [4.69, 9.17) is 0 Å². The van der Waals surface area contributed by atoms with Crippen molar-refractivity contribution in [3.63, 3.8) is 0 Å². The van der Waals surface area contributed by atoms with Crippen LogP contribution in [0.25, 0.3) is 21.7 Å². The number of aromatic nitrogens is 2. The van der Waals surface area contributed by atoms with Crippen LogP contribution in [-0.4, -0.2) is 14.9 Å². The van der Waals surface area contributed by atoms with Crippen molar-refractivity contribution in [1.82, 2.24) is 9.78 Å². The molecule has 0 unspecified atom stereocenters. The normalized spacial score (nSPS) is 11.4. The third-order valence-corrected chi connectivity index (χ3v) is 4.44. The molecule has 0 fully saturated rings. The zero-order valence-electron chi connectivity index (χ0n) is 13.3. The van der Waals surface area contributed by atoms with E-state index in [0.717, 1.165) is 39.4 Å². The number of nitrogens with zero attached hydrogens (tertiary/aromatic N) is 2. The number of hydrogen-bond donors (Lipinski definition) is 1. The van der Waals surface area contributed by atoms with E-state index in [1.54, 1.807) is 18.2 Å². The van der Waals surface area contributed by atoms with Crippen LogP contribution in [0.2, 0.25) is 0 Å². The number of benzene rings is 3. The summed E-state index contributed by atoms with van der Waals surface area (Å²) >= 11 is 0. The lowest BCUT2D eigenvalue weighted by molar-refractivity contribution is 0.482. The van der Waals surface area contributed by atoms with Crippen LogP contribution in [-0.2, 0) is 13.0 Å². The maximum atomic E-state index is 13.0. The van der Waals surface area contributed by atoms with Gasteiger partial charge in [-0.2, -0.15) is 5.10 Å². The van der Waals surface area contributed by atoms with E-state index in [9.17, 15) is 9.50 Å². The highest BCUT2D eigenvalue weighted by Gasteiger charge is 2.13. The molecule has 0 saturated carbocycles. The van der Waals surface area contributed by atoms with Crippen molar-refractivity contribution >= 4 is 21.7 Å².